The molecular formula is C18H24BrClN2O3. The highest BCUT2D eigenvalue weighted by Gasteiger charge is 2.55. The average molecular weight is 432 g/mol. The van der Waals surface area contributed by atoms with E-state index in [9.17, 15) is 14.7 Å². The number of nitrogens with one attached hydrogen (secondary N) is 1. The van der Waals surface area contributed by atoms with Crippen LogP contribution in [0.2, 0.25) is 0 Å². The van der Waals surface area contributed by atoms with Crippen LogP contribution in [0.15, 0.2) is 22.7 Å². The van der Waals surface area contributed by atoms with Gasteiger partial charge in [-0.25, -0.2) is 0 Å². The van der Waals surface area contributed by atoms with Gasteiger partial charge < -0.3 is 10.4 Å². The first-order valence-corrected chi connectivity index (χ1v) is 9.17. The van der Waals surface area contributed by atoms with E-state index in [1.165, 1.54) is 0 Å². The van der Waals surface area contributed by atoms with Gasteiger partial charge in [-0.1, -0.05) is 12.5 Å². The number of rotatable bonds is 4. The highest BCUT2D eigenvalue weighted by molar-refractivity contribution is 9.10. The molecule has 1 aliphatic heterocycles. The third-order valence-corrected chi connectivity index (χ3v) is 6.29. The number of carbonyl (C=O) groups excluding carboxylic acids is 1. The summed E-state index contributed by atoms with van der Waals surface area (Å²) >= 11 is 3.47. The Labute approximate surface area is 162 Å². The van der Waals surface area contributed by atoms with Crippen LogP contribution >= 0.6 is 28.3 Å². The maximum absolute atomic E-state index is 12.6. The van der Waals surface area contributed by atoms with Crippen LogP contribution in [0.3, 0.4) is 0 Å². The topological polar surface area (TPSA) is 69.6 Å². The molecular weight excluding hydrogens is 408 g/mol. The van der Waals surface area contributed by atoms with Crippen molar-refractivity contribution >= 4 is 45.9 Å². The van der Waals surface area contributed by atoms with Gasteiger partial charge in [-0.05, 0) is 66.2 Å². The molecule has 0 bridgehead atoms. The van der Waals surface area contributed by atoms with Crippen molar-refractivity contribution in [3.05, 3.63) is 28.2 Å². The van der Waals surface area contributed by atoms with Gasteiger partial charge in [0, 0.05) is 17.6 Å². The van der Waals surface area contributed by atoms with Crippen LogP contribution in [-0.4, -0.2) is 41.0 Å². The number of likely N-dealkylation sites (tertiary alicyclic amines) is 1. The van der Waals surface area contributed by atoms with Gasteiger partial charge >= 0.3 is 5.97 Å². The van der Waals surface area contributed by atoms with Crippen LogP contribution in [0.5, 0.6) is 0 Å². The lowest BCUT2D eigenvalue weighted by molar-refractivity contribution is -0.149. The van der Waals surface area contributed by atoms with Crippen LogP contribution in [0.25, 0.3) is 0 Å². The van der Waals surface area contributed by atoms with Crippen molar-refractivity contribution in [1.29, 1.82) is 0 Å². The van der Waals surface area contributed by atoms with Crippen molar-refractivity contribution < 1.29 is 14.7 Å². The first-order valence-electron chi connectivity index (χ1n) is 8.38. The smallest absolute Gasteiger partial charge is 0.311 e. The van der Waals surface area contributed by atoms with Gasteiger partial charge in [-0.15, -0.1) is 12.4 Å². The molecule has 1 saturated carbocycles. The minimum atomic E-state index is -0.707. The molecule has 25 heavy (non-hydrogen) atoms. The van der Waals surface area contributed by atoms with E-state index in [1.807, 2.05) is 36.9 Å². The fourth-order valence-corrected chi connectivity index (χ4v) is 4.69. The molecule has 1 aromatic rings. The molecule has 0 radical (unpaired) electrons. The number of aliphatic carboxylic acids is 1. The first-order chi connectivity index (χ1) is 11.3. The van der Waals surface area contributed by atoms with Crippen LogP contribution in [-0.2, 0) is 9.59 Å². The highest BCUT2D eigenvalue weighted by Crippen LogP contribution is 2.49. The predicted molar refractivity (Wildman–Crippen MR) is 103 cm³/mol. The number of aryl methyl sites for hydroxylation is 1. The number of nitrogens with zero attached hydrogens (tertiary/aromatic N) is 1. The second-order valence-corrected chi connectivity index (χ2v) is 7.98. The summed E-state index contributed by atoms with van der Waals surface area (Å²) in [5, 5.41) is 12.6. The van der Waals surface area contributed by atoms with Crippen LogP contribution < -0.4 is 5.32 Å². The van der Waals surface area contributed by atoms with E-state index in [-0.39, 0.29) is 30.3 Å². The number of hydrogen-bond donors (Lipinski definition) is 2. The summed E-state index contributed by atoms with van der Waals surface area (Å²) in [5.41, 5.74) is 1.20. The summed E-state index contributed by atoms with van der Waals surface area (Å²) < 4.78 is 0.850. The molecule has 0 spiro atoms. The second-order valence-electron chi connectivity index (χ2n) is 7.13. The Kier molecular flexibility index (Phi) is 6.17. The number of carbonyl (C=O) groups is 2. The Morgan fingerprint density at radius 3 is 2.76 bits per heavy atom. The highest BCUT2D eigenvalue weighted by atomic mass is 79.9. The van der Waals surface area contributed by atoms with Gasteiger partial charge in [-0.3, -0.25) is 14.5 Å². The molecule has 1 saturated heterocycles. The summed E-state index contributed by atoms with van der Waals surface area (Å²) in [6.45, 7) is 5.01. The van der Waals surface area contributed by atoms with Crippen molar-refractivity contribution in [2.24, 2.45) is 11.3 Å². The van der Waals surface area contributed by atoms with Gasteiger partial charge in [0.05, 0.1) is 17.1 Å². The first kappa shape index (κ1) is 20.2. The molecule has 0 aromatic heterocycles. The number of hydrogen-bond acceptors (Lipinski definition) is 3. The zero-order valence-corrected chi connectivity index (χ0v) is 16.8. The molecule has 138 valence electrons. The lowest BCUT2D eigenvalue weighted by Crippen LogP contribution is -2.43. The van der Waals surface area contributed by atoms with E-state index in [4.69, 9.17) is 0 Å². The van der Waals surface area contributed by atoms with Gasteiger partial charge in [0.2, 0.25) is 5.91 Å². The normalized spacial score (nSPS) is 26.6. The molecule has 1 heterocycles. The SMILES string of the molecule is Cc1ccc(NC(=O)C(C)N2C[C@@H]3CCC[C@@]3(C(=O)O)C2)c(Br)c1.Cl. The van der Waals surface area contributed by atoms with Crippen molar-refractivity contribution in [2.45, 2.75) is 39.2 Å². The molecule has 5 nitrogen and oxygen atoms in total. The fourth-order valence-electron chi connectivity index (χ4n) is 4.10. The van der Waals surface area contributed by atoms with E-state index in [1.54, 1.807) is 0 Å². The minimum absolute atomic E-state index is 0. The Balaban J connectivity index is 0.00000225. The van der Waals surface area contributed by atoms with E-state index >= 15 is 0 Å². The van der Waals surface area contributed by atoms with Crippen molar-refractivity contribution in [2.75, 3.05) is 18.4 Å². The molecule has 1 amide bonds. The van der Waals surface area contributed by atoms with Crippen LogP contribution in [0, 0.1) is 18.3 Å². The number of carboxylic acids is 1. The third kappa shape index (κ3) is 3.71. The summed E-state index contributed by atoms with van der Waals surface area (Å²) in [5.74, 6) is -0.641. The lowest BCUT2D eigenvalue weighted by atomic mass is 9.81. The Bertz CT molecular complexity index is 684. The van der Waals surface area contributed by atoms with Crippen LogP contribution in [0.4, 0.5) is 5.69 Å². The van der Waals surface area contributed by atoms with Crippen LogP contribution in [0.1, 0.15) is 31.7 Å². The molecule has 3 rings (SSSR count). The molecule has 2 aliphatic rings. The monoisotopic (exact) mass is 430 g/mol. The number of fused-ring (bicyclic) bond motifs is 1. The lowest BCUT2D eigenvalue weighted by Gasteiger charge is -2.26. The number of halogens is 2. The molecule has 2 fully saturated rings. The summed E-state index contributed by atoms with van der Waals surface area (Å²) in [7, 11) is 0. The molecule has 3 atom stereocenters. The summed E-state index contributed by atoms with van der Waals surface area (Å²) in [6, 6.07) is 5.44. The minimum Gasteiger partial charge on any atom is -0.481 e. The van der Waals surface area contributed by atoms with E-state index < -0.39 is 11.4 Å². The molecule has 1 aliphatic carbocycles. The number of amides is 1. The molecule has 2 N–H and O–H groups in total. The van der Waals surface area contributed by atoms with Gasteiger partial charge in [0.25, 0.3) is 0 Å². The second kappa shape index (κ2) is 7.64. The predicted octanol–water partition coefficient (Wildman–Crippen LogP) is 3.69. The molecule has 1 aromatic carbocycles. The summed E-state index contributed by atoms with van der Waals surface area (Å²) in [4.78, 5) is 26.4. The Hall–Kier alpha value is -1.11. The number of anilines is 1. The Morgan fingerprint density at radius 1 is 1.44 bits per heavy atom. The zero-order chi connectivity index (χ0) is 17.5. The summed E-state index contributed by atoms with van der Waals surface area (Å²) in [6.07, 6.45) is 2.64. The quantitative estimate of drug-likeness (QED) is 0.763. The van der Waals surface area contributed by atoms with Gasteiger partial charge in [-0.2, -0.15) is 0 Å². The standard InChI is InChI=1S/C18H23BrN2O3.ClH/c1-11-5-6-15(14(19)8-11)20-16(22)12(2)21-9-13-4-3-7-18(13,10-21)17(23)24;/h5-6,8,12-13H,3-4,7,9-10H2,1-2H3,(H,20,22)(H,23,24);1H/t12?,13-,18+;/m0./s1. The van der Waals surface area contributed by atoms with E-state index in [2.05, 4.69) is 21.2 Å². The van der Waals surface area contributed by atoms with E-state index in [0.29, 0.717) is 13.1 Å². The molecule has 1 unspecified atom stereocenters. The van der Waals surface area contributed by atoms with Gasteiger partial charge in [0.15, 0.2) is 0 Å². The van der Waals surface area contributed by atoms with Crippen molar-refractivity contribution in [3.8, 4) is 0 Å². The molecule has 7 heteroatoms. The average Bonchev–Trinajstić information content (AvgIpc) is 3.07. The third-order valence-electron chi connectivity index (χ3n) is 5.63. The maximum atomic E-state index is 12.6. The van der Waals surface area contributed by atoms with E-state index in [0.717, 1.165) is 35.0 Å². The zero-order valence-electron chi connectivity index (χ0n) is 14.4. The van der Waals surface area contributed by atoms with Crippen molar-refractivity contribution in [3.63, 3.8) is 0 Å². The largest absolute Gasteiger partial charge is 0.481 e. The Morgan fingerprint density at radius 2 is 2.16 bits per heavy atom. The van der Waals surface area contributed by atoms with Gasteiger partial charge in [0.1, 0.15) is 0 Å². The fraction of sp³-hybridized carbons (Fsp3) is 0.556. The number of carboxylic acid groups (broad SMARTS) is 1. The number of benzene rings is 1. The van der Waals surface area contributed by atoms with Crippen molar-refractivity contribution in [1.82, 2.24) is 4.90 Å². The maximum Gasteiger partial charge on any atom is 0.311 e.